The number of benzene rings is 1. The zero-order chi connectivity index (χ0) is 15.8. The van der Waals surface area contributed by atoms with E-state index in [4.69, 9.17) is 0 Å². The topological polar surface area (TPSA) is 80.5 Å². The first-order chi connectivity index (χ1) is 9.63. The molecular formula is C12H15BrN2O4S2. The predicted octanol–water partition coefficient (Wildman–Crippen LogP) is 2.87. The molecule has 0 aromatic heterocycles. The lowest BCUT2D eigenvalue weighted by molar-refractivity contribution is -0.387. The molecule has 6 nitrogen and oxygen atoms in total. The van der Waals surface area contributed by atoms with E-state index in [2.05, 4.69) is 15.9 Å². The Morgan fingerprint density at radius 2 is 2.10 bits per heavy atom. The fourth-order valence-corrected chi connectivity index (χ4v) is 5.77. The molecule has 1 saturated heterocycles. The molecule has 9 heteroatoms. The molecular weight excluding hydrogens is 380 g/mol. The van der Waals surface area contributed by atoms with Crippen LogP contribution in [0.2, 0.25) is 0 Å². The van der Waals surface area contributed by atoms with Crippen molar-refractivity contribution in [3.8, 4) is 0 Å². The minimum atomic E-state index is -3.88. The van der Waals surface area contributed by atoms with E-state index < -0.39 is 20.6 Å². The summed E-state index contributed by atoms with van der Waals surface area (Å²) in [6, 6.07) is 3.97. The molecule has 0 spiro atoms. The highest BCUT2D eigenvalue weighted by Crippen LogP contribution is 2.35. The van der Waals surface area contributed by atoms with E-state index in [9.17, 15) is 18.5 Å². The lowest BCUT2D eigenvalue weighted by Crippen LogP contribution is -2.46. The SMILES string of the molecule is CC1(C)CN(S(=O)(=O)c2cc(Br)ccc2[N+](=O)[O-])CCS1. The first-order valence-electron chi connectivity index (χ1n) is 6.21. The minimum Gasteiger partial charge on any atom is -0.258 e. The Balaban J connectivity index is 2.49. The minimum absolute atomic E-state index is 0.202. The fraction of sp³-hybridized carbons (Fsp3) is 0.500. The van der Waals surface area contributed by atoms with Gasteiger partial charge in [0, 0.05) is 34.1 Å². The van der Waals surface area contributed by atoms with E-state index in [1.54, 1.807) is 11.8 Å². The average Bonchev–Trinajstić information content (AvgIpc) is 2.37. The zero-order valence-corrected chi connectivity index (χ0v) is 14.8. The number of nitro groups is 1. The van der Waals surface area contributed by atoms with Gasteiger partial charge < -0.3 is 0 Å². The normalized spacial score (nSPS) is 19.4. The number of thioether (sulfide) groups is 1. The molecule has 1 aromatic rings. The van der Waals surface area contributed by atoms with Crippen molar-refractivity contribution in [3.63, 3.8) is 0 Å². The van der Waals surface area contributed by atoms with Crippen LogP contribution in [0.15, 0.2) is 27.6 Å². The standard InChI is InChI=1S/C12H15BrN2O4S2/c1-12(2)8-14(5-6-20-12)21(18,19)11-7-9(13)3-4-10(11)15(16)17/h3-4,7H,5-6,8H2,1-2H3. The van der Waals surface area contributed by atoms with Gasteiger partial charge in [-0.3, -0.25) is 10.1 Å². The Hall–Kier alpha value is -0.640. The second kappa shape index (κ2) is 5.86. The first kappa shape index (κ1) is 16.7. The van der Waals surface area contributed by atoms with Crippen molar-refractivity contribution in [3.05, 3.63) is 32.8 Å². The molecule has 0 atom stereocenters. The Morgan fingerprint density at radius 3 is 2.67 bits per heavy atom. The second-order valence-corrected chi connectivity index (χ2v) is 9.94. The summed E-state index contributed by atoms with van der Waals surface area (Å²) in [5.41, 5.74) is -0.394. The summed E-state index contributed by atoms with van der Waals surface area (Å²) in [4.78, 5) is 10.2. The molecule has 0 aliphatic carbocycles. The monoisotopic (exact) mass is 394 g/mol. The van der Waals surface area contributed by atoms with Crippen molar-refractivity contribution in [2.75, 3.05) is 18.8 Å². The van der Waals surface area contributed by atoms with Crippen molar-refractivity contribution in [1.82, 2.24) is 4.31 Å². The molecule has 2 rings (SSSR count). The van der Waals surface area contributed by atoms with Crippen molar-refractivity contribution in [1.29, 1.82) is 0 Å². The van der Waals surface area contributed by atoms with Crippen LogP contribution in [0.4, 0.5) is 5.69 Å². The highest BCUT2D eigenvalue weighted by molar-refractivity contribution is 9.10. The van der Waals surface area contributed by atoms with Crippen LogP contribution in [-0.4, -0.2) is 41.2 Å². The summed E-state index contributed by atoms with van der Waals surface area (Å²) in [5, 5.41) is 11.1. The van der Waals surface area contributed by atoms with Gasteiger partial charge in [0.05, 0.1) is 4.92 Å². The van der Waals surface area contributed by atoms with Gasteiger partial charge in [0.1, 0.15) is 0 Å². The molecule has 1 aromatic carbocycles. The lowest BCUT2D eigenvalue weighted by atomic mass is 10.2. The smallest absolute Gasteiger partial charge is 0.258 e. The lowest BCUT2D eigenvalue weighted by Gasteiger charge is -2.36. The number of hydrogen-bond donors (Lipinski definition) is 0. The van der Waals surface area contributed by atoms with Crippen molar-refractivity contribution in [2.45, 2.75) is 23.5 Å². The number of sulfonamides is 1. The first-order valence-corrected chi connectivity index (χ1v) is 9.43. The van der Waals surface area contributed by atoms with Gasteiger partial charge in [0.15, 0.2) is 4.90 Å². The zero-order valence-electron chi connectivity index (χ0n) is 11.6. The third-order valence-electron chi connectivity index (χ3n) is 3.13. The van der Waals surface area contributed by atoms with Gasteiger partial charge in [-0.15, -0.1) is 0 Å². The number of rotatable bonds is 3. The van der Waals surface area contributed by atoms with Gasteiger partial charge in [-0.1, -0.05) is 15.9 Å². The maximum Gasteiger partial charge on any atom is 0.289 e. The van der Waals surface area contributed by atoms with E-state index in [-0.39, 0.29) is 9.64 Å². The van der Waals surface area contributed by atoms with Crippen LogP contribution in [0, 0.1) is 10.1 Å². The average molecular weight is 395 g/mol. The molecule has 0 amide bonds. The summed E-state index contributed by atoms with van der Waals surface area (Å²) in [7, 11) is -3.88. The molecule has 0 saturated carbocycles. The Labute approximate surface area is 136 Å². The van der Waals surface area contributed by atoms with Gasteiger partial charge in [0.2, 0.25) is 10.0 Å². The van der Waals surface area contributed by atoms with Crippen LogP contribution < -0.4 is 0 Å². The highest BCUT2D eigenvalue weighted by atomic mass is 79.9. The van der Waals surface area contributed by atoms with Gasteiger partial charge in [-0.05, 0) is 26.0 Å². The highest BCUT2D eigenvalue weighted by Gasteiger charge is 2.37. The Kier molecular flexibility index (Phi) is 4.67. The summed E-state index contributed by atoms with van der Waals surface area (Å²) < 4.78 is 27.1. The Morgan fingerprint density at radius 1 is 1.43 bits per heavy atom. The molecule has 116 valence electrons. The van der Waals surface area contributed by atoms with Crippen LogP contribution in [0.1, 0.15) is 13.8 Å². The molecule has 0 N–H and O–H groups in total. The maximum atomic E-state index is 12.7. The number of hydrogen-bond acceptors (Lipinski definition) is 5. The quantitative estimate of drug-likeness (QED) is 0.581. The molecule has 1 aliphatic rings. The third kappa shape index (κ3) is 3.58. The van der Waals surface area contributed by atoms with Crippen LogP contribution in [0.25, 0.3) is 0 Å². The molecule has 1 fully saturated rings. The van der Waals surface area contributed by atoms with Crippen molar-refractivity contribution < 1.29 is 13.3 Å². The van der Waals surface area contributed by atoms with Crippen molar-refractivity contribution in [2.24, 2.45) is 0 Å². The summed E-state index contributed by atoms with van der Waals surface area (Å²) in [6.45, 7) is 4.63. The van der Waals surface area contributed by atoms with Crippen molar-refractivity contribution >= 4 is 43.4 Å². The molecule has 0 radical (unpaired) electrons. The summed E-state index contributed by atoms with van der Waals surface area (Å²) in [6.07, 6.45) is 0. The van der Waals surface area contributed by atoms with Crippen LogP contribution >= 0.6 is 27.7 Å². The van der Waals surface area contributed by atoms with E-state index in [0.29, 0.717) is 23.3 Å². The molecule has 1 aliphatic heterocycles. The van der Waals surface area contributed by atoms with Gasteiger partial charge >= 0.3 is 0 Å². The van der Waals surface area contributed by atoms with E-state index in [0.717, 1.165) is 0 Å². The van der Waals surface area contributed by atoms with Crippen LogP contribution in [0.5, 0.6) is 0 Å². The number of nitrogens with zero attached hydrogens (tertiary/aromatic N) is 2. The van der Waals surface area contributed by atoms with Crippen LogP contribution in [-0.2, 0) is 10.0 Å². The number of nitro benzene ring substituents is 1. The second-order valence-electron chi connectivity index (χ2n) is 5.32. The van der Waals surface area contributed by atoms with Crippen LogP contribution in [0.3, 0.4) is 0 Å². The fourth-order valence-electron chi connectivity index (χ4n) is 2.16. The van der Waals surface area contributed by atoms with E-state index in [1.807, 2.05) is 13.8 Å². The van der Waals surface area contributed by atoms with Gasteiger partial charge in [-0.2, -0.15) is 16.1 Å². The summed E-state index contributed by atoms with van der Waals surface area (Å²) in [5.74, 6) is 0.675. The van der Waals surface area contributed by atoms with Gasteiger partial charge in [0.25, 0.3) is 5.69 Å². The van der Waals surface area contributed by atoms with Gasteiger partial charge in [-0.25, -0.2) is 8.42 Å². The van der Waals surface area contributed by atoms with E-state index >= 15 is 0 Å². The molecule has 1 heterocycles. The molecule has 0 unspecified atom stereocenters. The molecule has 0 bridgehead atoms. The maximum absolute atomic E-state index is 12.7. The number of halogens is 1. The molecule has 21 heavy (non-hydrogen) atoms. The van der Waals surface area contributed by atoms with E-state index in [1.165, 1.54) is 22.5 Å². The Bertz CT molecular complexity index is 676. The summed E-state index contributed by atoms with van der Waals surface area (Å²) >= 11 is 4.87. The predicted molar refractivity (Wildman–Crippen MR) is 86.1 cm³/mol. The largest absolute Gasteiger partial charge is 0.289 e. The third-order valence-corrected chi connectivity index (χ3v) is 6.79.